The van der Waals surface area contributed by atoms with Gasteiger partial charge in [-0.05, 0) is 61.1 Å². The van der Waals surface area contributed by atoms with Crippen LogP contribution in [0.1, 0.15) is 124 Å². The van der Waals surface area contributed by atoms with Gasteiger partial charge in [0.25, 0.3) is 0 Å². The second-order valence-electron chi connectivity index (χ2n) is 11.2. The van der Waals surface area contributed by atoms with Crippen molar-refractivity contribution in [2.45, 2.75) is 104 Å². The molecule has 3 aromatic rings. The first kappa shape index (κ1) is 32.9. The summed E-state index contributed by atoms with van der Waals surface area (Å²) in [5.41, 5.74) is 6.32. The highest BCUT2D eigenvalue weighted by molar-refractivity contribution is 5.60. The molecule has 0 atom stereocenters. The van der Waals surface area contributed by atoms with Gasteiger partial charge in [-0.3, -0.25) is 0 Å². The molecule has 0 saturated heterocycles. The summed E-state index contributed by atoms with van der Waals surface area (Å²) in [6, 6.07) is 21.1. The molecular formula is C40H50O2. The molecule has 0 bridgehead atoms. The van der Waals surface area contributed by atoms with Crippen LogP contribution < -0.4 is 9.47 Å². The average Bonchev–Trinajstić information content (AvgIpc) is 3.03. The van der Waals surface area contributed by atoms with Crippen LogP contribution in [0.3, 0.4) is 0 Å². The van der Waals surface area contributed by atoms with E-state index in [2.05, 4.69) is 86.1 Å². The van der Waals surface area contributed by atoms with E-state index in [0.717, 1.165) is 35.1 Å². The van der Waals surface area contributed by atoms with E-state index in [1.807, 2.05) is 12.1 Å². The van der Waals surface area contributed by atoms with Gasteiger partial charge in [-0.2, -0.15) is 0 Å². The van der Waals surface area contributed by atoms with E-state index in [1.165, 1.54) is 88.2 Å². The topological polar surface area (TPSA) is 18.5 Å². The van der Waals surface area contributed by atoms with Gasteiger partial charge in [-0.15, -0.1) is 0 Å². The molecule has 0 heterocycles. The van der Waals surface area contributed by atoms with Crippen molar-refractivity contribution in [3.63, 3.8) is 0 Å². The zero-order valence-electron chi connectivity index (χ0n) is 26.5. The Kier molecular flexibility index (Phi) is 15.3. The molecule has 2 heteroatoms. The summed E-state index contributed by atoms with van der Waals surface area (Å²) in [5, 5.41) is 0. The Balaban J connectivity index is 1.61. The highest BCUT2D eigenvalue weighted by Crippen LogP contribution is 2.28. The van der Waals surface area contributed by atoms with Gasteiger partial charge in [0.1, 0.15) is 11.5 Å². The van der Waals surface area contributed by atoms with Crippen LogP contribution in [0.15, 0.2) is 60.7 Å². The molecule has 42 heavy (non-hydrogen) atoms. The number of benzene rings is 3. The number of hydrogen-bond donors (Lipinski definition) is 0. The summed E-state index contributed by atoms with van der Waals surface area (Å²) < 4.78 is 11.4. The first-order valence-electron chi connectivity index (χ1n) is 16.1. The first-order valence-corrected chi connectivity index (χ1v) is 16.1. The molecule has 0 radical (unpaired) electrons. The SMILES string of the molecule is CCCCCCCCc1ccc(C#Cc2cc(OC)c(C#Cc3ccc(CCCCCCCC)cc3)cc2OC)cc1. The summed E-state index contributed by atoms with van der Waals surface area (Å²) in [6.07, 6.45) is 18.1. The lowest BCUT2D eigenvalue weighted by Crippen LogP contribution is -1.94. The van der Waals surface area contributed by atoms with Crippen molar-refractivity contribution >= 4 is 0 Å². The monoisotopic (exact) mass is 562 g/mol. The Labute approximate surface area is 256 Å². The zero-order chi connectivity index (χ0) is 29.8. The van der Waals surface area contributed by atoms with Gasteiger partial charge in [0.2, 0.25) is 0 Å². The fourth-order valence-electron chi connectivity index (χ4n) is 5.10. The Hall–Kier alpha value is -3.62. The summed E-state index contributed by atoms with van der Waals surface area (Å²) in [6.45, 7) is 4.53. The van der Waals surface area contributed by atoms with Gasteiger partial charge in [-0.1, -0.05) is 126 Å². The van der Waals surface area contributed by atoms with Gasteiger partial charge in [0, 0.05) is 23.3 Å². The third-order valence-corrected chi connectivity index (χ3v) is 7.75. The van der Waals surface area contributed by atoms with Crippen LogP contribution in [0.2, 0.25) is 0 Å². The Morgan fingerprint density at radius 1 is 0.452 bits per heavy atom. The molecule has 2 nitrogen and oxygen atoms in total. The maximum atomic E-state index is 5.68. The highest BCUT2D eigenvalue weighted by atomic mass is 16.5. The average molecular weight is 563 g/mol. The molecule has 0 aliphatic rings. The van der Waals surface area contributed by atoms with Crippen molar-refractivity contribution < 1.29 is 9.47 Å². The minimum absolute atomic E-state index is 0.696. The summed E-state index contributed by atoms with van der Waals surface area (Å²) in [4.78, 5) is 0. The molecule has 222 valence electrons. The molecule has 0 fully saturated rings. The predicted octanol–water partition coefficient (Wildman–Crippen LogP) is 10.3. The molecule has 3 rings (SSSR count). The van der Waals surface area contributed by atoms with Gasteiger partial charge >= 0.3 is 0 Å². The maximum Gasteiger partial charge on any atom is 0.136 e. The molecule has 0 aliphatic heterocycles. The molecule has 0 N–H and O–H groups in total. The van der Waals surface area contributed by atoms with E-state index in [9.17, 15) is 0 Å². The molecule has 0 amide bonds. The predicted molar refractivity (Wildman–Crippen MR) is 179 cm³/mol. The third kappa shape index (κ3) is 11.7. The highest BCUT2D eigenvalue weighted by Gasteiger charge is 2.09. The van der Waals surface area contributed by atoms with E-state index in [-0.39, 0.29) is 0 Å². The van der Waals surface area contributed by atoms with Gasteiger partial charge in [0.15, 0.2) is 0 Å². The van der Waals surface area contributed by atoms with Crippen LogP contribution in [0.5, 0.6) is 11.5 Å². The standard InChI is InChI=1S/C40H50O2/c1-5-7-9-11-13-15-17-33-19-23-35(24-20-33)27-29-37-31-40(42-4)38(32-39(37)41-3)30-28-36-25-21-34(22-26-36)18-16-14-12-10-8-6-2/h19-26,31-32H,5-18H2,1-4H3. The zero-order valence-corrected chi connectivity index (χ0v) is 26.5. The van der Waals surface area contributed by atoms with E-state index >= 15 is 0 Å². The number of unbranched alkanes of at least 4 members (excludes halogenated alkanes) is 10. The maximum absolute atomic E-state index is 5.68. The van der Waals surface area contributed by atoms with Crippen LogP contribution in [-0.4, -0.2) is 14.2 Å². The summed E-state index contributed by atoms with van der Waals surface area (Å²) >= 11 is 0. The van der Waals surface area contributed by atoms with Crippen molar-refractivity contribution in [3.8, 4) is 35.2 Å². The number of methoxy groups -OCH3 is 2. The van der Waals surface area contributed by atoms with Crippen molar-refractivity contribution in [2.24, 2.45) is 0 Å². The normalized spacial score (nSPS) is 10.4. The van der Waals surface area contributed by atoms with Gasteiger partial charge in [0.05, 0.1) is 25.3 Å². The van der Waals surface area contributed by atoms with Crippen molar-refractivity contribution in [3.05, 3.63) is 94.0 Å². The largest absolute Gasteiger partial charge is 0.495 e. The lowest BCUT2D eigenvalue weighted by Gasteiger charge is -2.09. The molecule has 3 aromatic carbocycles. The Morgan fingerprint density at radius 3 is 1.17 bits per heavy atom. The Morgan fingerprint density at radius 2 is 0.810 bits per heavy atom. The van der Waals surface area contributed by atoms with Crippen LogP contribution in [0.25, 0.3) is 0 Å². The fourth-order valence-corrected chi connectivity index (χ4v) is 5.10. The molecule has 0 aromatic heterocycles. The second-order valence-corrected chi connectivity index (χ2v) is 11.2. The summed E-state index contributed by atoms with van der Waals surface area (Å²) in [7, 11) is 3.34. The molecule has 0 aliphatic carbocycles. The van der Waals surface area contributed by atoms with Crippen LogP contribution in [0, 0.1) is 23.7 Å². The van der Waals surface area contributed by atoms with E-state index in [1.54, 1.807) is 14.2 Å². The fraction of sp³-hybridized carbons (Fsp3) is 0.450. The number of aryl methyl sites for hydroxylation is 2. The number of rotatable bonds is 16. The molecule has 0 spiro atoms. The van der Waals surface area contributed by atoms with Crippen molar-refractivity contribution in [1.29, 1.82) is 0 Å². The lowest BCUT2D eigenvalue weighted by atomic mass is 10.0. The number of hydrogen-bond acceptors (Lipinski definition) is 2. The minimum atomic E-state index is 0.696. The smallest absolute Gasteiger partial charge is 0.136 e. The molecule has 0 saturated carbocycles. The first-order chi connectivity index (χ1) is 20.7. The summed E-state index contributed by atoms with van der Waals surface area (Å²) in [5.74, 6) is 14.5. The van der Waals surface area contributed by atoms with Crippen LogP contribution in [-0.2, 0) is 12.8 Å². The van der Waals surface area contributed by atoms with E-state index in [0.29, 0.717) is 11.5 Å². The minimum Gasteiger partial charge on any atom is -0.495 e. The van der Waals surface area contributed by atoms with E-state index in [4.69, 9.17) is 9.47 Å². The van der Waals surface area contributed by atoms with Crippen LogP contribution in [0.4, 0.5) is 0 Å². The quantitative estimate of drug-likeness (QED) is 0.128. The lowest BCUT2D eigenvalue weighted by molar-refractivity contribution is 0.401. The molecule has 0 unspecified atom stereocenters. The van der Waals surface area contributed by atoms with Crippen LogP contribution >= 0.6 is 0 Å². The van der Waals surface area contributed by atoms with Gasteiger partial charge < -0.3 is 9.47 Å². The molecular weight excluding hydrogens is 512 g/mol. The van der Waals surface area contributed by atoms with Crippen molar-refractivity contribution in [1.82, 2.24) is 0 Å². The Bertz CT molecular complexity index is 1210. The van der Waals surface area contributed by atoms with Gasteiger partial charge in [-0.25, -0.2) is 0 Å². The van der Waals surface area contributed by atoms with Crippen molar-refractivity contribution in [2.75, 3.05) is 14.2 Å². The third-order valence-electron chi connectivity index (χ3n) is 7.75. The van der Waals surface area contributed by atoms with E-state index < -0.39 is 0 Å². The number of ether oxygens (including phenoxy) is 2. The second kappa shape index (κ2) is 19.5.